The highest BCUT2D eigenvalue weighted by Gasteiger charge is 2.33. The first-order chi connectivity index (χ1) is 19.7. The lowest BCUT2D eigenvalue weighted by atomic mass is 9.96. The molecule has 2 heterocycles. The van der Waals surface area contributed by atoms with Crippen LogP contribution < -0.4 is 19.6 Å². The van der Waals surface area contributed by atoms with Crippen LogP contribution in [0.25, 0.3) is 6.08 Å². The number of rotatable bonds is 8. The molecule has 0 saturated carbocycles. The fourth-order valence-electron chi connectivity index (χ4n) is 4.44. The molecule has 0 bridgehead atoms. The third-order valence-corrected chi connectivity index (χ3v) is 7.42. The number of non-ortho nitro benzene ring substituents is 1. The van der Waals surface area contributed by atoms with Gasteiger partial charge in [-0.3, -0.25) is 19.5 Å². The van der Waals surface area contributed by atoms with E-state index in [2.05, 4.69) is 4.99 Å². The van der Waals surface area contributed by atoms with Crippen LogP contribution >= 0.6 is 11.3 Å². The normalized spacial score (nSPS) is 14.8. The van der Waals surface area contributed by atoms with Crippen LogP contribution in [0.1, 0.15) is 36.6 Å². The molecule has 9 nitrogen and oxygen atoms in total. The lowest BCUT2D eigenvalue weighted by molar-refractivity contribution is -0.384. The molecule has 1 aromatic heterocycles. The molecule has 0 saturated heterocycles. The molecule has 208 valence electrons. The third kappa shape index (κ3) is 5.85. The zero-order valence-corrected chi connectivity index (χ0v) is 22.9. The number of allylic oxidation sites excluding steroid dienone is 1. The van der Waals surface area contributed by atoms with Gasteiger partial charge in [0.05, 0.1) is 33.4 Å². The molecule has 1 aliphatic heterocycles. The number of carbonyl (C=O) groups is 1. The summed E-state index contributed by atoms with van der Waals surface area (Å²) in [5, 5.41) is 10.8. The molecule has 0 radical (unpaired) electrons. The van der Waals surface area contributed by atoms with Crippen LogP contribution in [0.4, 0.5) is 10.1 Å². The molecular weight excluding hydrogens is 549 g/mol. The first kappa shape index (κ1) is 27.7. The molecule has 4 aromatic rings. The van der Waals surface area contributed by atoms with E-state index in [1.807, 2.05) is 0 Å². The van der Waals surface area contributed by atoms with Gasteiger partial charge in [0, 0.05) is 12.1 Å². The fraction of sp³-hybridized carbons (Fsp3) is 0.167. The highest BCUT2D eigenvalue weighted by molar-refractivity contribution is 7.07. The Bertz CT molecular complexity index is 1830. The van der Waals surface area contributed by atoms with E-state index in [0.717, 1.165) is 11.1 Å². The van der Waals surface area contributed by atoms with E-state index in [1.54, 1.807) is 68.5 Å². The predicted octanol–water partition coefficient (Wildman–Crippen LogP) is 4.42. The molecule has 41 heavy (non-hydrogen) atoms. The number of benzene rings is 3. The maximum Gasteiger partial charge on any atom is 0.338 e. The second kappa shape index (κ2) is 11.7. The van der Waals surface area contributed by atoms with E-state index in [0.29, 0.717) is 26.3 Å². The van der Waals surface area contributed by atoms with Crippen LogP contribution in [0, 0.1) is 15.9 Å². The monoisotopic (exact) mass is 573 g/mol. The Balaban J connectivity index is 1.44. The Hall–Kier alpha value is -4.90. The summed E-state index contributed by atoms with van der Waals surface area (Å²) < 4.78 is 26.6. The maximum absolute atomic E-state index is 13.7. The van der Waals surface area contributed by atoms with E-state index < -0.39 is 22.8 Å². The van der Waals surface area contributed by atoms with Crippen LogP contribution in [0.3, 0.4) is 0 Å². The van der Waals surface area contributed by atoms with Crippen molar-refractivity contribution in [1.29, 1.82) is 0 Å². The van der Waals surface area contributed by atoms with Gasteiger partial charge < -0.3 is 9.47 Å². The molecule has 1 atom stereocenters. The van der Waals surface area contributed by atoms with Crippen LogP contribution in [0.15, 0.2) is 93.9 Å². The van der Waals surface area contributed by atoms with E-state index in [9.17, 15) is 24.1 Å². The molecule has 0 spiro atoms. The second-order valence-corrected chi connectivity index (χ2v) is 10.1. The largest absolute Gasteiger partial charge is 0.489 e. The summed E-state index contributed by atoms with van der Waals surface area (Å²) in [5.41, 5.74) is 2.43. The number of nitro benzene ring substituents is 1. The summed E-state index contributed by atoms with van der Waals surface area (Å²) >= 11 is 1.19. The summed E-state index contributed by atoms with van der Waals surface area (Å²) in [7, 11) is 0. The van der Waals surface area contributed by atoms with Crippen LogP contribution in [-0.4, -0.2) is 22.1 Å². The van der Waals surface area contributed by atoms with Gasteiger partial charge in [-0.15, -0.1) is 0 Å². The van der Waals surface area contributed by atoms with Crippen molar-refractivity contribution in [2.24, 2.45) is 4.99 Å². The molecular formula is C30H24FN3O6S. The molecule has 11 heteroatoms. The van der Waals surface area contributed by atoms with Crippen LogP contribution in [0.2, 0.25) is 0 Å². The number of hydrogen-bond donors (Lipinski definition) is 0. The Morgan fingerprint density at radius 1 is 1.10 bits per heavy atom. The number of halogens is 1. The zero-order valence-electron chi connectivity index (χ0n) is 22.1. The van der Waals surface area contributed by atoms with Gasteiger partial charge in [-0.1, -0.05) is 35.6 Å². The van der Waals surface area contributed by atoms with Crippen LogP contribution in [0.5, 0.6) is 5.75 Å². The first-order valence-corrected chi connectivity index (χ1v) is 13.5. The van der Waals surface area contributed by atoms with Crippen molar-refractivity contribution in [3.8, 4) is 5.75 Å². The quantitative estimate of drug-likeness (QED) is 0.175. The number of thiazole rings is 1. The Morgan fingerprint density at radius 2 is 1.78 bits per heavy atom. The van der Waals surface area contributed by atoms with Gasteiger partial charge in [0.2, 0.25) is 0 Å². The van der Waals surface area contributed by atoms with E-state index >= 15 is 0 Å². The highest BCUT2D eigenvalue weighted by atomic mass is 32.1. The molecule has 5 rings (SSSR count). The molecule has 0 unspecified atom stereocenters. The highest BCUT2D eigenvalue weighted by Crippen LogP contribution is 2.30. The van der Waals surface area contributed by atoms with Crippen molar-refractivity contribution in [1.82, 2.24) is 4.57 Å². The first-order valence-electron chi connectivity index (χ1n) is 12.7. The van der Waals surface area contributed by atoms with Gasteiger partial charge >= 0.3 is 5.97 Å². The van der Waals surface area contributed by atoms with Gasteiger partial charge in [0.1, 0.15) is 18.2 Å². The number of aromatic nitrogens is 1. The third-order valence-electron chi connectivity index (χ3n) is 6.43. The van der Waals surface area contributed by atoms with E-state index in [-0.39, 0.29) is 30.0 Å². The number of fused-ring (bicyclic) bond motifs is 1. The van der Waals surface area contributed by atoms with Gasteiger partial charge in [-0.25, -0.2) is 14.2 Å². The average Bonchev–Trinajstić information content (AvgIpc) is 3.26. The standard InChI is InChI=1S/C30H24FN3O6S/c1-3-39-29(36)26-18(2)32-30-33(27(26)21-8-10-22(31)11-9-21)28(35)25(41-30)16-19-6-14-24(15-7-19)40-17-20-4-12-23(13-5-20)34(37)38/h4-16,27H,3,17H2,1-2H3/b25-16-/t27-/m1/s1. The molecule has 0 amide bonds. The number of nitro groups is 1. The smallest absolute Gasteiger partial charge is 0.338 e. The molecule has 3 aromatic carbocycles. The number of nitrogens with zero attached hydrogens (tertiary/aromatic N) is 3. The lowest BCUT2D eigenvalue weighted by Gasteiger charge is -2.24. The number of carbonyl (C=O) groups excluding carboxylic acids is 1. The SMILES string of the molecule is CCOC(=O)C1=C(C)N=c2s/c(=C\c3ccc(OCc4ccc([N+](=O)[O-])cc4)cc3)c(=O)n2[C@@H]1c1ccc(F)cc1. The minimum atomic E-state index is -0.816. The summed E-state index contributed by atoms with van der Waals surface area (Å²) in [6.07, 6.45) is 1.73. The lowest BCUT2D eigenvalue weighted by Crippen LogP contribution is -2.39. The molecule has 1 aliphatic rings. The number of esters is 1. The summed E-state index contributed by atoms with van der Waals surface area (Å²) in [4.78, 5) is 41.9. The minimum absolute atomic E-state index is 0.0136. The molecule has 0 fully saturated rings. The summed E-state index contributed by atoms with van der Waals surface area (Å²) in [6.45, 7) is 3.78. The fourth-order valence-corrected chi connectivity index (χ4v) is 5.49. The van der Waals surface area contributed by atoms with E-state index in [4.69, 9.17) is 9.47 Å². The summed E-state index contributed by atoms with van der Waals surface area (Å²) in [5.74, 6) is -0.422. The van der Waals surface area contributed by atoms with Gasteiger partial charge in [0.15, 0.2) is 4.80 Å². The average molecular weight is 574 g/mol. The Labute approximate surface area is 237 Å². The van der Waals surface area contributed by atoms with Crippen molar-refractivity contribution in [3.05, 3.63) is 136 Å². The summed E-state index contributed by atoms with van der Waals surface area (Å²) in [6, 6.07) is 18.1. The maximum atomic E-state index is 13.7. The van der Waals surface area contributed by atoms with E-state index in [1.165, 1.54) is 40.2 Å². The van der Waals surface area contributed by atoms with Crippen molar-refractivity contribution in [2.75, 3.05) is 6.61 Å². The van der Waals surface area contributed by atoms with Gasteiger partial charge in [0.25, 0.3) is 11.2 Å². The second-order valence-electron chi connectivity index (χ2n) is 9.14. The zero-order chi connectivity index (χ0) is 29.1. The topological polar surface area (TPSA) is 113 Å². The van der Waals surface area contributed by atoms with Crippen molar-refractivity contribution in [3.63, 3.8) is 0 Å². The Morgan fingerprint density at radius 3 is 2.41 bits per heavy atom. The van der Waals surface area contributed by atoms with Crippen LogP contribution in [-0.2, 0) is 16.1 Å². The molecule has 0 aliphatic carbocycles. The van der Waals surface area contributed by atoms with Crippen molar-refractivity contribution < 1.29 is 23.6 Å². The van der Waals surface area contributed by atoms with Gasteiger partial charge in [-0.2, -0.15) is 0 Å². The predicted molar refractivity (Wildman–Crippen MR) is 151 cm³/mol. The minimum Gasteiger partial charge on any atom is -0.489 e. The number of ether oxygens (including phenoxy) is 2. The Kier molecular flexibility index (Phi) is 7.88. The molecule has 0 N–H and O–H groups in total. The van der Waals surface area contributed by atoms with Crippen molar-refractivity contribution in [2.45, 2.75) is 26.5 Å². The number of hydrogen-bond acceptors (Lipinski definition) is 8. The van der Waals surface area contributed by atoms with Crippen molar-refractivity contribution >= 4 is 29.1 Å². The van der Waals surface area contributed by atoms with Gasteiger partial charge in [-0.05, 0) is 73.0 Å².